The topological polar surface area (TPSA) is 181 Å². The van der Waals surface area contributed by atoms with Crippen LogP contribution in [0.5, 0.6) is 0 Å². The molecule has 2 heterocycles. The minimum absolute atomic E-state index is 0.0303. The molecule has 3 aliphatic rings. The summed E-state index contributed by atoms with van der Waals surface area (Å²) in [6.45, 7) is 0.355. The third kappa shape index (κ3) is 4.60. The highest BCUT2D eigenvalue weighted by molar-refractivity contribution is 5.89. The van der Waals surface area contributed by atoms with Crippen LogP contribution in [-0.4, -0.2) is 101 Å². The van der Waals surface area contributed by atoms with E-state index in [-0.39, 0.29) is 12.2 Å². The van der Waals surface area contributed by atoms with Gasteiger partial charge in [0.05, 0.1) is 37.6 Å². The zero-order chi connectivity index (χ0) is 22.9. The second-order valence-corrected chi connectivity index (χ2v) is 7.47. The summed E-state index contributed by atoms with van der Waals surface area (Å²) in [5, 5.41) is 50.0. The molecule has 2 aliphatic heterocycles. The normalized spacial score (nSPS) is 39.6. The van der Waals surface area contributed by atoms with Crippen molar-refractivity contribution >= 4 is 11.9 Å². The molecule has 0 aromatic carbocycles. The van der Waals surface area contributed by atoms with Gasteiger partial charge in [0.15, 0.2) is 6.29 Å². The zero-order valence-electron chi connectivity index (χ0n) is 16.9. The van der Waals surface area contributed by atoms with Crippen LogP contribution in [0.15, 0.2) is 23.5 Å². The number of rotatable bonds is 6. The smallest absolute Gasteiger partial charge is 0.337 e. The Morgan fingerprint density at radius 3 is 2.39 bits per heavy atom. The lowest BCUT2D eigenvalue weighted by molar-refractivity contribution is -0.340. The van der Waals surface area contributed by atoms with Crippen LogP contribution in [0.4, 0.5) is 0 Å². The Hall–Kier alpha value is -2.06. The van der Waals surface area contributed by atoms with Crippen molar-refractivity contribution in [3.63, 3.8) is 0 Å². The molecule has 12 heteroatoms. The Bertz CT molecular complexity index is 746. The summed E-state index contributed by atoms with van der Waals surface area (Å²) in [5.74, 6) is -2.99. The molecule has 31 heavy (non-hydrogen) atoms. The van der Waals surface area contributed by atoms with Gasteiger partial charge < -0.3 is 49.2 Å². The number of ether oxygens (including phenoxy) is 5. The van der Waals surface area contributed by atoms with E-state index in [0.717, 1.165) is 6.26 Å². The van der Waals surface area contributed by atoms with Gasteiger partial charge >= 0.3 is 11.9 Å². The summed E-state index contributed by atoms with van der Waals surface area (Å²) in [7, 11) is 1.17. The van der Waals surface area contributed by atoms with Crippen LogP contribution in [0.25, 0.3) is 0 Å². The molecule has 9 atom stereocenters. The van der Waals surface area contributed by atoms with E-state index in [9.17, 15) is 35.1 Å². The average molecular weight is 446 g/mol. The number of hydrogen-bond donors (Lipinski definition) is 5. The number of aliphatic hydroxyl groups excluding tert-OH is 5. The van der Waals surface area contributed by atoms with E-state index in [4.69, 9.17) is 23.7 Å². The van der Waals surface area contributed by atoms with Gasteiger partial charge in [0, 0.05) is 12.8 Å². The van der Waals surface area contributed by atoms with E-state index in [1.54, 1.807) is 0 Å². The predicted molar refractivity (Wildman–Crippen MR) is 97.5 cm³/mol. The molecule has 1 saturated heterocycles. The number of esters is 2. The Morgan fingerprint density at radius 2 is 1.77 bits per heavy atom. The quantitative estimate of drug-likeness (QED) is 0.211. The summed E-state index contributed by atoms with van der Waals surface area (Å²) in [6, 6.07) is 0. The molecular weight excluding hydrogens is 420 g/mol. The first-order valence-electron chi connectivity index (χ1n) is 9.61. The SMILES string of the molecule is COC(=O)C1=COC(OC2OC(CO)C(O)C(O)C2O)C2C(COC(C)=O)=CC(O)C12. The van der Waals surface area contributed by atoms with Crippen molar-refractivity contribution in [3.8, 4) is 0 Å². The fourth-order valence-electron chi connectivity index (χ4n) is 3.96. The van der Waals surface area contributed by atoms with Crippen LogP contribution in [0.1, 0.15) is 6.92 Å². The van der Waals surface area contributed by atoms with E-state index < -0.39 is 73.5 Å². The Labute approximate surface area is 177 Å². The summed E-state index contributed by atoms with van der Waals surface area (Å²) >= 11 is 0. The highest BCUT2D eigenvalue weighted by Crippen LogP contribution is 2.44. The molecule has 1 fully saturated rings. The van der Waals surface area contributed by atoms with Crippen molar-refractivity contribution in [2.75, 3.05) is 20.3 Å². The van der Waals surface area contributed by atoms with Crippen LogP contribution < -0.4 is 0 Å². The molecular formula is C19H26O12. The first kappa shape index (κ1) is 23.6. The molecule has 5 N–H and O–H groups in total. The molecule has 1 aliphatic carbocycles. The lowest BCUT2D eigenvalue weighted by Crippen LogP contribution is -2.60. The largest absolute Gasteiger partial charge is 0.471 e. The van der Waals surface area contributed by atoms with E-state index in [2.05, 4.69) is 0 Å². The third-order valence-corrected chi connectivity index (χ3v) is 5.53. The van der Waals surface area contributed by atoms with Crippen molar-refractivity contribution in [2.24, 2.45) is 11.8 Å². The molecule has 0 amide bonds. The number of methoxy groups -OCH3 is 1. The fourth-order valence-corrected chi connectivity index (χ4v) is 3.96. The van der Waals surface area contributed by atoms with Gasteiger partial charge in [-0.2, -0.15) is 0 Å². The van der Waals surface area contributed by atoms with E-state index in [0.29, 0.717) is 5.57 Å². The molecule has 0 radical (unpaired) electrons. The second-order valence-electron chi connectivity index (χ2n) is 7.47. The van der Waals surface area contributed by atoms with Gasteiger partial charge in [-0.25, -0.2) is 4.79 Å². The van der Waals surface area contributed by atoms with Gasteiger partial charge in [-0.05, 0) is 5.57 Å². The van der Waals surface area contributed by atoms with Gasteiger partial charge in [0.1, 0.15) is 31.0 Å². The van der Waals surface area contributed by atoms with Crippen LogP contribution in [0, 0.1) is 11.8 Å². The molecule has 174 valence electrons. The van der Waals surface area contributed by atoms with Gasteiger partial charge in [-0.1, -0.05) is 6.08 Å². The third-order valence-electron chi connectivity index (χ3n) is 5.53. The molecule has 0 saturated carbocycles. The fraction of sp³-hybridized carbons (Fsp3) is 0.684. The number of carbonyl (C=O) groups excluding carboxylic acids is 2. The standard InChI is InChI=1S/C19H26O12/c1-7(21)28-5-8-3-10(22)13-9(17(26)27-2)6-29-18(12(8)13)31-19-16(25)15(24)14(23)11(4-20)30-19/h3,6,10-16,18-20,22-25H,4-5H2,1-2H3. The van der Waals surface area contributed by atoms with Crippen LogP contribution >= 0.6 is 0 Å². The number of aliphatic hydroxyl groups is 5. The van der Waals surface area contributed by atoms with Crippen molar-refractivity contribution in [1.29, 1.82) is 0 Å². The summed E-state index contributed by atoms with van der Waals surface area (Å²) in [6.07, 6.45) is -7.54. The number of carbonyl (C=O) groups is 2. The Morgan fingerprint density at radius 1 is 1.06 bits per heavy atom. The first-order valence-corrected chi connectivity index (χ1v) is 9.61. The second kappa shape index (κ2) is 9.61. The Kier molecular flexibility index (Phi) is 7.31. The molecule has 0 aromatic rings. The predicted octanol–water partition coefficient (Wildman–Crippen LogP) is -2.69. The van der Waals surface area contributed by atoms with Gasteiger partial charge in [-0.15, -0.1) is 0 Å². The number of hydrogen-bond acceptors (Lipinski definition) is 12. The van der Waals surface area contributed by atoms with E-state index in [1.165, 1.54) is 20.1 Å². The number of fused-ring (bicyclic) bond motifs is 1. The van der Waals surface area contributed by atoms with Crippen LogP contribution in [0.2, 0.25) is 0 Å². The highest BCUT2D eigenvalue weighted by atomic mass is 16.8. The van der Waals surface area contributed by atoms with Gasteiger partial charge in [0.2, 0.25) is 6.29 Å². The molecule has 12 nitrogen and oxygen atoms in total. The van der Waals surface area contributed by atoms with Crippen molar-refractivity contribution in [2.45, 2.75) is 50.0 Å². The Balaban J connectivity index is 1.86. The van der Waals surface area contributed by atoms with Crippen LogP contribution in [0.3, 0.4) is 0 Å². The van der Waals surface area contributed by atoms with Crippen LogP contribution in [-0.2, 0) is 33.3 Å². The molecule has 3 rings (SSSR count). The summed E-state index contributed by atoms with van der Waals surface area (Å²) in [5.41, 5.74) is 0.430. The summed E-state index contributed by atoms with van der Waals surface area (Å²) < 4.78 is 26.3. The maximum atomic E-state index is 12.2. The zero-order valence-corrected chi connectivity index (χ0v) is 16.9. The summed E-state index contributed by atoms with van der Waals surface area (Å²) in [4.78, 5) is 23.4. The van der Waals surface area contributed by atoms with Gasteiger partial charge in [-0.3, -0.25) is 4.79 Å². The minimum Gasteiger partial charge on any atom is -0.471 e. The van der Waals surface area contributed by atoms with E-state index >= 15 is 0 Å². The minimum atomic E-state index is -1.68. The average Bonchev–Trinajstić information content (AvgIpc) is 3.09. The lowest BCUT2D eigenvalue weighted by Gasteiger charge is -2.43. The lowest BCUT2D eigenvalue weighted by atomic mass is 9.82. The monoisotopic (exact) mass is 446 g/mol. The first-order chi connectivity index (χ1) is 14.7. The molecule has 0 aromatic heterocycles. The van der Waals surface area contributed by atoms with E-state index in [1.807, 2.05) is 0 Å². The highest BCUT2D eigenvalue weighted by Gasteiger charge is 2.52. The maximum absolute atomic E-state index is 12.2. The van der Waals surface area contributed by atoms with Crippen molar-refractivity contribution in [1.82, 2.24) is 0 Å². The van der Waals surface area contributed by atoms with Crippen molar-refractivity contribution < 1.29 is 58.8 Å². The molecule has 9 unspecified atom stereocenters. The molecule has 0 bridgehead atoms. The van der Waals surface area contributed by atoms with Gasteiger partial charge in [0.25, 0.3) is 0 Å². The molecule has 0 spiro atoms. The maximum Gasteiger partial charge on any atom is 0.337 e. The van der Waals surface area contributed by atoms with Crippen molar-refractivity contribution in [3.05, 3.63) is 23.5 Å².